The number of amides is 1. The van der Waals surface area contributed by atoms with Crippen molar-refractivity contribution in [2.45, 2.75) is 32.1 Å². The molecule has 1 aliphatic carbocycles. The third kappa shape index (κ3) is 5.12. The molecule has 0 saturated heterocycles. The van der Waals surface area contributed by atoms with Crippen molar-refractivity contribution < 1.29 is 4.79 Å². The Morgan fingerprint density at radius 3 is 2.38 bits per heavy atom. The maximum absolute atomic E-state index is 12.8. The highest BCUT2D eigenvalue weighted by atomic mass is 16.1. The second kappa shape index (κ2) is 10.3. The molecule has 1 aliphatic rings. The highest BCUT2D eigenvalue weighted by Gasteiger charge is 2.21. The maximum Gasteiger partial charge on any atom is 0.225 e. The van der Waals surface area contributed by atoms with Crippen LogP contribution in [-0.4, -0.2) is 15.9 Å². The van der Waals surface area contributed by atoms with Crippen LogP contribution in [0.1, 0.15) is 40.9 Å². The molecule has 0 radical (unpaired) electrons. The quantitative estimate of drug-likeness (QED) is 0.359. The smallest absolute Gasteiger partial charge is 0.225 e. The van der Waals surface area contributed by atoms with Gasteiger partial charge in [-0.1, -0.05) is 91.0 Å². The van der Waals surface area contributed by atoms with Gasteiger partial charge in [0.05, 0.1) is 11.4 Å². The fourth-order valence-electron chi connectivity index (χ4n) is 4.34. The summed E-state index contributed by atoms with van der Waals surface area (Å²) < 4.78 is 0. The molecular weight excluding hydrogens is 418 g/mol. The summed E-state index contributed by atoms with van der Waals surface area (Å²) in [7, 11) is 0. The molecule has 4 nitrogen and oxygen atoms in total. The number of nitrogens with zero attached hydrogens (tertiary/aromatic N) is 2. The summed E-state index contributed by atoms with van der Waals surface area (Å²) in [5.41, 5.74) is 7.27. The van der Waals surface area contributed by atoms with Crippen molar-refractivity contribution in [2.24, 2.45) is 0 Å². The van der Waals surface area contributed by atoms with Crippen molar-refractivity contribution in [1.29, 1.82) is 0 Å². The van der Waals surface area contributed by atoms with Crippen LogP contribution in [0, 0.1) is 0 Å². The average molecular weight is 446 g/mol. The minimum absolute atomic E-state index is 0.0317. The van der Waals surface area contributed by atoms with Gasteiger partial charge in [0.15, 0.2) is 5.82 Å². The predicted molar refractivity (Wildman–Crippen MR) is 138 cm³/mol. The number of hydrogen-bond acceptors (Lipinski definition) is 3. The molecule has 0 atom stereocenters. The Morgan fingerprint density at radius 1 is 0.824 bits per heavy atom. The second-order valence-electron chi connectivity index (χ2n) is 8.54. The predicted octanol–water partition coefficient (Wildman–Crippen LogP) is 6.37. The number of fused-ring (bicyclic) bond motifs is 3. The number of benzene rings is 3. The first-order valence-electron chi connectivity index (χ1n) is 11.8. The topological polar surface area (TPSA) is 54.9 Å². The summed E-state index contributed by atoms with van der Waals surface area (Å²) in [6, 6.07) is 28.7. The Balaban J connectivity index is 1.40. The van der Waals surface area contributed by atoms with Gasteiger partial charge in [-0.3, -0.25) is 4.79 Å². The lowest BCUT2D eigenvalue weighted by Gasteiger charge is -2.20. The van der Waals surface area contributed by atoms with Crippen molar-refractivity contribution in [3.63, 3.8) is 0 Å². The lowest BCUT2D eigenvalue weighted by atomic mass is 9.92. The minimum atomic E-state index is -0.0317. The fraction of sp³-hybridized carbons (Fsp3) is 0.167. The number of aryl methyl sites for hydroxylation is 3. The Hall–Kier alpha value is -4.05. The summed E-state index contributed by atoms with van der Waals surface area (Å²) in [5, 5.41) is 3.04. The molecule has 1 N–H and O–H groups in total. The van der Waals surface area contributed by atoms with Crippen LogP contribution >= 0.6 is 0 Å². The van der Waals surface area contributed by atoms with E-state index < -0.39 is 0 Å². The van der Waals surface area contributed by atoms with Gasteiger partial charge in [0.1, 0.15) is 5.69 Å². The molecule has 0 spiro atoms. The molecule has 34 heavy (non-hydrogen) atoms. The van der Waals surface area contributed by atoms with Crippen LogP contribution in [-0.2, 0) is 24.1 Å². The second-order valence-corrected chi connectivity index (χ2v) is 8.54. The van der Waals surface area contributed by atoms with E-state index in [1.807, 2.05) is 66.7 Å². The normalized spacial score (nSPS) is 12.2. The van der Waals surface area contributed by atoms with E-state index in [1.165, 1.54) is 11.1 Å². The lowest BCUT2D eigenvalue weighted by molar-refractivity contribution is -0.116. The van der Waals surface area contributed by atoms with Gasteiger partial charge >= 0.3 is 0 Å². The molecule has 4 heteroatoms. The van der Waals surface area contributed by atoms with Gasteiger partial charge in [0.25, 0.3) is 0 Å². The first-order chi connectivity index (χ1) is 16.8. The van der Waals surface area contributed by atoms with E-state index in [0.717, 1.165) is 48.2 Å². The molecule has 0 aliphatic heterocycles. The van der Waals surface area contributed by atoms with Crippen LogP contribution < -0.4 is 5.32 Å². The zero-order valence-electron chi connectivity index (χ0n) is 19.1. The average Bonchev–Trinajstić information content (AvgIpc) is 2.88. The van der Waals surface area contributed by atoms with Crippen LogP contribution in [0.3, 0.4) is 0 Å². The van der Waals surface area contributed by atoms with Gasteiger partial charge in [-0.05, 0) is 48.4 Å². The first kappa shape index (κ1) is 21.8. The Kier molecular flexibility index (Phi) is 6.57. The third-order valence-electron chi connectivity index (χ3n) is 6.10. The van der Waals surface area contributed by atoms with E-state index >= 15 is 0 Å². The van der Waals surface area contributed by atoms with Crippen LogP contribution in [0.5, 0.6) is 0 Å². The fourth-order valence-corrected chi connectivity index (χ4v) is 4.34. The highest BCUT2D eigenvalue weighted by Crippen LogP contribution is 2.33. The molecule has 0 unspecified atom stereocenters. The molecule has 1 heterocycles. The molecule has 3 aromatic carbocycles. The summed E-state index contributed by atoms with van der Waals surface area (Å²) >= 11 is 0. The summed E-state index contributed by atoms with van der Waals surface area (Å²) in [6.45, 7) is 0. The van der Waals surface area contributed by atoms with Gasteiger partial charge in [0, 0.05) is 12.0 Å². The van der Waals surface area contributed by atoms with Gasteiger partial charge in [-0.25, -0.2) is 9.97 Å². The minimum Gasteiger partial charge on any atom is -0.309 e. The van der Waals surface area contributed by atoms with E-state index in [0.29, 0.717) is 17.9 Å². The Bertz CT molecular complexity index is 1310. The van der Waals surface area contributed by atoms with Crippen LogP contribution in [0.15, 0.2) is 84.9 Å². The lowest BCUT2D eigenvalue weighted by Crippen LogP contribution is -2.17. The van der Waals surface area contributed by atoms with Gasteiger partial charge in [0.2, 0.25) is 5.91 Å². The summed E-state index contributed by atoms with van der Waals surface area (Å²) in [6.07, 6.45) is 7.81. The van der Waals surface area contributed by atoms with E-state index in [-0.39, 0.29) is 5.91 Å². The van der Waals surface area contributed by atoms with Gasteiger partial charge < -0.3 is 5.32 Å². The van der Waals surface area contributed by atoms with Gasteiger partial charge in [-0.15, -0.1) is 0 Å². The van der Waals surface area contributed by atoms with E-state index in [4.69, 9.17) is 9.97 Å². The van der Waals surface area contributed by atoms with Crippen molar-refractivity contribution in [3.8, 4) is 11.3 Å². The van der Waals surface area contributed by atoms with E-state index in [1.54, 1.807) is 0 Å². The molecular formula is C30H27N3O. The van der Waals surface area contributed by atoms with E-state index in [2.05, 4.69) is 35.6 Å². The van der Waals surface area contributed by atoms with Crippen LogP contribution in [0.25, 0.3) is 23.4 Å². The number of rotatable bonds is 7. The molecule has 1 aromatic heterocycles. The Morgan fingerprint density at radius 2 is 1.56 bits per heavy atom. The summed E-state index contributed by atoms with van der Waals surface area (Å²) in [5.74, 6) is 0.505. The SMILES string of the molecule is O=C(CCCc1ccccc1)Nc1nc2c(nc1C=Cc1ccccc1)-c1ccccc1CC2. The molecule has 1 amide bonds. The van der Waals surface area contributed by atoms with Crippen LogP contribution in [0.4, 0.5) is 5.82 Å². The summed E-state index contributed by atoms with van der Waals surface area (Å²) in [4.78, 5) is 22.7. The molecule has 5 rings (SSSR count). The zero-order chi connectivity index (χ0) is 23.2. The number of hydrogen-bond donors (Lipinski definition) is 1. The number of aromatic nitrogens is 2. The number of carbonyl (C=O) groups is 1. The molecule has 4 aromatic rings. The maximum atomic E-state index is 12.8. The Labute approximate surface area is 200 Å². The number of nitrogens with one attached hydrogen (secondary N) is 1. The molecule has 0 fully saturated rings. The van der Waals surface area contributed by atoms with E-state index in [9.17, 15) is 4.79 Å². The monoisotopic (exact) mass is 445 g/mol. The largest absolute Gasteiger partial charge is 0.309 e. The molecule has 0 bridgehead atoms. The van der Waals surface area contributed by atoms with Gasteiger partial charge in [-0.2, -0.15) is 0 Å². The van der Waals surface area contributed by atoms with Crippen LogP contribution in [0.2, 0.25) is 0 Å². The zero-order valence-corrected chi connectivity index (χ0v) is 19.1. The highest BCUT2D eigenvalue weighted by molar-refractivity contribution is 5.92. The standard InChI is InChI=1S/C30H27N3O/c34-28(17-9-14-22-10-3-1-4-11-22)33-30-27(20-18-23-12-5-2-6-13-23)31-29-25-16-8-7-15-24(25)19-21-26(29)32-30/h1-8,10-13,15-16,18,20H,9,14,17,19,21H2,(H,32,33,34). The molecule has 168 valence electrons. The van der Waals surface area contributed by atoms with Crippen molar-refractivity contribution >= 4 is 23.9 Å². The first-order valence-corrected chi connectivity index (χ1v) is 11.8. The third-order valence-corrected chi connectivity index (χ3v) is 6.10. The van der Waals surface area contributed by atoms with Crippen molar-refractivity contribution in [2.75, 3.05) is 5.32 Å². The number of anilines is 1. The van der Waals surface area contributed by atoms with Crippen molar-refractivity contribution in [1.82, 2.24) is 9.97 Å². The molecule has 0 saturated carbocycles. The number of carbonyl (C=O) groups excluding carboxylic acids is 1. The van der Waals surface area contributed by atoms with Crippen molar-refractivity contribution in [3.05, 3.63) is 113 Å².